The summed E-state index contributed by atoms with van der Waals surface area (Å²) in [6.45, 7) is 3.74. The van der Waals surface area contributed by atoms with Gasteiger partial charge >= 0.3 is 5.92 Å². The number of halogens is 2. The van der Waals surface area contributed by atoms with Gasteiger partial charge in [-0.2, -0.15) is 8.78 Å². The van der Waals surface area contributed by atoms with Crippen molar-refractivity contribution >= 4 is 28.9 Å². The molecule has 7 nitrogen and oxygen atoms in total. The first-order valence-corrected chi connectivity index (χ1v) is 7.52. The maximum Gasteiger partial charge on any atom is 0.303 e. The molecular formula is C16H20F2N6O. The smallest absolute Gasteiger partial charge is 0.303 e. The molecule has 25 heavy (non-hydrogen) atoms. The van der Waals surface area contributed by atoms with Crippen LogP contribution in [0, 0.1) is 6.92 Å². The second kappa shape index (κ2) is 6.96. The van der Waals surface area contributed by atoms with Crippen LogP contribution >= 0.6 is 0 Å². The summed E-state index contributed by atoms with van der Waals surface area (Å²) in [6, 6.07) is 3.17. The SMILES string of the molecule is CC(=O)Nc1cc(Nc2cc(C)nc(C(C)(F)F)n2)c(N(C)C)cn1. The normalized spacial score (nSPS) is 11.2. The van der Waals surface area contributed by atoms with Crippen molar-refractivity contribution in [1.82, 2.24) is 15.0 Å². The zero-order valence-electron chi connectivity index (χ0n) is 14.7. The second-order valence-corrected chi connectivity index (χ2v) is 5.89. The number of rotatable bonds is 5. The average Bonchev–Trinajstić information content (AvgIpc) is 2.44. The van der Waals surface area contributed by atoms with Crippen LogP contribution in [0.3, 0.4) is 0 Å². The van der Waals surface area contributed by atoms with Gasteiger partial charge in [0.1, 0.15) is 11.6 Å². The van der Waals surface area contributed by atoms with Crippen molar-refractivity contribution in [3.8, 4) is 0 Å². The number of nitrogens with one attached hydrogen (secondary N) is 2. The minimum atomic E-state index is -3.15. The van der Waals surface area contributed by atoms with Crippen LogP contribution < -0.4 is 15.5 Å². The van der Waals surface area contributed by atoms with Crippen LogP contribution in [-0.2, 0) is 10.7 Å². The van der Waals surface area contributed by atoms with Crippen molar-refractivity contribution in [3.63, 3.8) is 0 Å². The molecule has 2 rings (SSSR count). The number of carbonyl (C=O) groups is 1. The molecule has 1 amide bonds. The van der Waals surface area contributed by atoms with Crippen LogP contribution in [0.15, 0.2) is 18.3 Å². The van der Waals surface area contributed by atoms with Crippen LogP contribution in [0.5, 0.6) is 0 Å². The van der Waals surface area contributed by atoms with Gasteiger partial charge in [-0.25, -0.2) is 15.0 Å². The van der Waals surface area contributed by atoms with Gasteiger partial charge in [-0.05, 0) is 6.92 Å². The fourth-order valence-corrected chi connectivity index (χ4v) is 2.12. The minimum Gasteiger partial charge on any atom is -0.375 e. The molecule has 0 bridgehead atoms. The van der Waals surface area contributed by atoms with Gasteiger partial charge in [0.05, 0.1) is 17.6 Å². The lowest BCUT2D eigenvalue weighted by Crippen LogP contribution is -2.16. The number of pyridine rings is 1. The van der Waals surface area contributed by atoms with Gasteiger partial charge in [0.25, 0.3) is 0 Å². The average molecular weight is 350 g/mol. The van der Waals surface area contributed by atoms with Crippen LogP contribution in [0.2, 0.25) is 0 Å². The van der Waals surface area contributed by atoms with Gasteiger partial charge in [-0.15, -0.1) is 0 Å². The molecule has 2 N–H and O–H groups in total. The highest BCUT2D eigenvalue weighted by Crippen LogP contribution is 2.30. The molecule has 9 heteroatoms. The van der Waals surface area contributed by atoms with Crippen LogP contribution in [-0.4, -0.2) is 35.0 Å². The fraction of sp³-hybridized carbons (Fsp3) is 0.375. The van der Waals surface area contributed by atoms with E-state index in [-0.39, 0.29) is 11.7 Å². The molecule has 0 spiro atoms. The number of alkyl halides is 2. The van der Waals surface area contributed by atoms with E-state index in [1.54, 1.807) is 30.2 Å². The lowest BCUT2D eigenvalue weighted by Gasteiger charge is -2.19. The zero-order chi connectivity index (χ0) is 18.8. The van der Waals surface area contributed by atoms with E-state index in [0.29, 0.717) is 22.9 Å². The topological polar surface area (TPSA) is 83.0 Å². The van der Waals surface area contributed by atoms with Crippen molar-refractivity contribution in [3.05, 3.63) is 29.8 Å². The largest absolute Gasteiger partial charge is 0.375 e. The van der Waals surface area contributed by atoms with E-state index in [4.69, 9.17) is 0 Å². The standard InChI is InChI=1S/C16H20F2N6O/c1-9-6-14(23-15(20-9)16(3,17)18)22-11-7-13(21-10(2)25)19-8-12(11)24(4)5/h6-8H,1-5H3,(H2,19,20,21,22,23,25). The summed E-state index contributed by atoms with van der Waals surface area (Å²) in [4.78, 5) is 24.8. The van der Waals surface area contributed by atoms with Gasteiger partial charge in [0.2, 0.25) is 11.7 Å². The third-order valence-electron chi connectivity index (χ3n) is 3.18. The summed E-state index contributed by atoms with van der Waals surface area (Å²) >= 11 is 0. The van der Waals surface area contributed by atoms with E-state index in [2.05, 4.69) is 25.6 Å². The maximum absolute atomic E-state index is 13.5. The third-order valence-corrected chi connectivity index (χ3v) is 3.18. The van der Waals surface area contributed by atoms with E-state index in [0.717, 1.165) is 6.92 Å². The summed E-state index contributed by atoms with van der Waals surface area (Å²) in [5.41, 5.74) is 1.68. The lowest BCUT2D eigenvalue weighted by molar-refractivity contribution is -0.114. The Balaban J connectivity index is 2.44. The zero-order valence-corrected chi connectivity index (χ0v) is 14.7. The molecule has 0 atom stereocenters. The Kier molecular flexibility index (Phi) is 5.15. The number of aryl methyl sites for hydroxylation is 1. The molecular weight excluding hydrogens is 330 g/mol. The van der Waals surface area contributed by atoms with E-state index in [1.165, 1.54) is 6.92 Å². The Labute approximate surface area is 144 Å². The van der Waals surface area contributed by atoms with E-state index < -0.39 is 11.7 Å². The molecule has 134 valence electrons. The van der Waals surface area contributed by atoms with Crippen molar-refractivity contribution in [2.45, 2.75) is 26.7 Å². The van der Waals surface area contributed by atoms with Crippen LogP contribution in [0.25, 0.3) is 0 Å². The Bertz CT molecular complexity index is 789. The predicted octanol–water partition coefficient (Wildman–Crippen LogP) is 3.06. The highest BCUT2D eigenvalue weighted by molar-refractivity contribution is 5.89. The molecule has 0 saturated heterocycles. The quantitative estimate of drug-likeness (QED) is 0.862. The summed E-state index contributed by atoms with van der Waals surface area (Å²) < 4.78 is 27.1. The minimum absolute atomic E-state index is 0.229. The van der Waals surface area contributed by atoms with Gasteiger partial charge in [0.15, 0.2) is 0 Å². The Morgan fingerprint density at radius 1 is 1.20 bits per heavy atom. The molecule has 2 aromatic rings. The number of nitrogens with zero attached hydrogens (tertiary/aromatic N) is 4. The number of anilines is 4. The summed E-state index contributed by atoms with van der Waals surface area (Å²) in [7, 11) is 3.63. The van der Waals surface area contributed by atoms with Gasteiger partial charge in [0, 0.05) is 45.8 Å². The molecule has 0 fully saturated rings. The Hall–Kier alpha value is -2.84. The van der Waals surface area contributed by atoms with Crippen molar-refractivity contribution < 1.29 is 13.6 Å². The molecule has 0 radical (unpaired) electrons. The first-order valence-electron chi connectivity index (χ1n) is 7.52. The lowest BCUT2D eigenvalue weighted by atomic mass is 10.3. The molecule has 2 aromatic heterocycles. The predicted molar refractivity (Wildman–Crippen MR) is 92.5 cm³/mol. The summed E-state index contributed by atoms with van der Waals surface area (Å²) in [5, 5.41) is 5.59. The van der Waals surface area contributed by atoms with Gasteiger partial charge < -0.3 is 15.5 Å². The van der Waals surface area contributed by atoms with Crippen LogP contribution in [0.4, 0.5) is 31.8 Å². The molecule has 0 aliphatic carbocycles. The first-order chi connectivity index (χ1) is 11.6. The number of aromatic nitrogens is 3. The monoisotopic (exact) mass is 350 g/mol. The number of amides is 1. The fourth-order valence-electron chi connectivity index (χ4n) is 2.12. The molecule has 0 unspecified atom stereocenters. The highest BCUT2D eigenvalue weighted by Gasteiger charge is 2.29. The van der Waals surface area contributed by atoms with Crippen molar-refractivity contribution in [2.24, 2.45) is 0 Å². The van der Waals surface area contributed by atoms with E-state index in [9.17, 15) is 13.6 Å². The Morgan fingerprint density at radius 3 is 2.44 bits per heavy atom. The molecule has 2 heterocycles. The highest BCUT2D eigenvalue weighted by atomic mass is 19.3. The molecule has 0 aliphatic rings. The number of hydrogen-bond acceptors (Lipinski definition) is 6. The second-order valence-electron chi connectivity index (χ2n) is 5.89. The van der Waals surface area contributed by atoms with Crippen molar-refractivity contribution in [1.29, 1.82) is 0 Å². The van der Waals surface area contributed by atoms with E-state index in [1.807, 2.05) is 14.1 Å². The van der Waals surface area contributed by atoms with E-state index >= 15 is 0 Å². The third kappa shape index (κ3) is 4.82. The van der Waals surface area contributed by atoms with Crippen molar-refractivity contribution in [2.75, 3.05) is 29.6 Å². The van der Waals surface area contributed by atoms with Crippen LogP contribution in [0.1, 0.15) is 25.4 Å². The molecule has 0 aliphatic heterocycles. The number of carbonyl (C=O) groups excluding carboxylic acids is 1. The van der Waals surface area contributed by atoms with Gasteiger partial charge in [-0.1, -0.05) is 0 Å². The summed E-state index contributed by atoms with van der Waals surface area (Å²) in [6.07, 6.45) is 1.57. The van der Waals surface area contributed by atoms with Gasteiger partial charge in [-0.3, -0.25) is 4.79 Å². The first kappa shape index (κ1) is 18.5. The number of hydrogen-bond donors (Lipinski definition) is 2. The molecule has 0 saturated carbocycles. The molecule has 0 aromatic carbocycles. The summed E-state index contributed by atoms with van der Waals surface area (Å²) in [5.74, 6) is -3.40. The Morgan fingerprint density at radius 2 is 1.88 bits per heavy atom. The maximum atomic E-state index is 13.5.